The van der Waals surface area contributed by atoms with Crippen molar-refractivity contribution in [1.29, 1.82) is 0 Å². The molecule has 38 heavy (non-hydrogen) atoms. The molecule has 0 aliphatic rings. The molecule has 202 valence electrons. The fraction of sp³-hybridized carbons (Fsp3) is 0.286. The minimum absolute atomic E-state index is 0.0290. The van der Waals surface area contributed by atoms with Gasteiger partial charge in [0.25, 0.3) is 10.0 Å². The lowest BCUT2D eigenvalue weighted by Gasteiger charge is -2.24. The van der Waals surface area contributed by atoms with Crippen LogP contribution < -0.4 is 0 Å². The van der Waals surface area contributed by atoms with Gasteiger partial charge in [-0.2, -0.15) is 0 Å². The summed E-state index contributed by atoms with van der Waals surface area (Å²) in [6.45, 7) is 7.16. The minimum atomic E-state index is -4.20. The maximum absolute atomic E-state index is 14.8. The van der Waals surface area contributed by atoms with Crippen molar-refractivity contribution in [1.82, 2.24) is 8.87 Å². The number of nitrogens with zero attached hydrogens (tertiary/aromatic N) is 2. The molecule has 8 nitrogen and oxygen atoms in total. The lowest BCUT2D eigenvalue weighted by molar-refractivity contribution is -0.137. The fourth-order valence-corrected chi connectivity index (χ4v) is 5.02. The Morgan fingerprint density at radius 1 is 1.08 bits per heavy atom. The topological polar surface area (TPSA) is 94.9 Å². The number of carbonyl (C=O) groups excluding carboxylic acids is 2. The molecule has 10 heteroatoms. The van der Waals surface area contributed by atoms with Gasteiger partial charge in [-0.3, -0.25) is 0 Å². The number of hydrogen-bond acceptors (Lipinski definition) is 6. The summed E-state index contributed by atoms with van der Waals surface area (Å²) < 4.78 is 53.6. The van der Waals surface area contributed by atoms with Crippen LogP contribution in [0.25, 0.3) is 17.3 Å². The van der Waals surface area contributed by atoms with E-state index in [4.69, 9.17) is 9.47 Å². The Bertz CT molecular complexity index is 1450. The molecule has 0 N–H and O–H groups in total. The number of hydrogen-bond donors (Lipinski definition) is 0. The maximum Gasteiger partial charge on any atom is 0.410 e. The molecule has 0 atom stereocenters. The lowest BCUT2D eigenvalue weighted by Crippen LogP contribution is -2.33. The Labute approximate surface area is 222 Å². The molecule has 3 rings (SSSR count). The van der Waals surface area contributed by atoms with Crippen LogP contribution in [0.15, 0.2) is 71.8 Å². The number of aromatic nitrogens is 1. The zero-order valence-electron chi connectivity index (χ0n) is 22.0. The van der Waals surface area contributed by atoms with Gasteiger partial charge in [-0.05, 0) is 75.2 Å². The first-order valence-corrected chi connectivity index (χ1v) is 13.4. The standard InChI is InChI=1S/C28H31FN2O6S/c1-6-36-26(32)15-14-20-10-9-11-22(16-20)38(34,35)31-19-21(18-30(5)27(33)37-28(2,3)4)17-25(31)23-12-7-8-13-24(23)29/h7-17,19H,6,18H2,1-5H3/b15-14+. The summed E-state index contributed by atoms with van der Waals surface area (Å²) in [5.41, 5.74) is 0.400. The first kappa shape index (κ1) is 28.6. The van der Waals surface area contributed by atoms with E-state index in [0.717, 1.165) is 3.97 Å². The Morgan fingerprint density at radius 2 is 1.79 bits per heavy atom. The third-order valence-corrected chi connectivity index (χ3v) is 6.90. The van der Waals surface area contributed by atoms with Crippen LogP contribution in [-0.4, -0.2) is 48.6 Å². The van der Waals surface area contributed by atoms with Gasteiger partial charge in [0.05, 0.1) is 23.7 Å². The number of halogens is 1. The zero-order chi connectivity index (χ0) is 28.1. The maximum atomic E-state index is 14.8. The van der Waals surface area contributed by atoms with Gasteiger partial charge in [0.1, 0.15) is 11.4 Å². The Morgan fingerprint density at radius 3 is 2.45 bits per heavy atom. The minimum Gasteiger partial charge on any atom is -0.463 e. The smallest absolute Gasteiger partial charge is 0.410 e. The number of esters is 1. The molecule has 0 bridgehead atoms. The highest BCUT2D eigenvalue weighted by molar-refractivity contribution is 7.90. The first-order valence-electron chi connectivity index (χ1n) is 11.9. The summed E-state index contributed by atoms with van der Waals surface area (Å²) in [7, 11) is -2.67. The van der Waals surface area contributed by atoms with Crippen molar-refractivity contribution in [2.75, 3.05) is 13.7 Å². The van der Waals surface area contributed by atoms with Crippen LogP contribution in [0.4, 0.5) is 9.18 Å². The predicted molar refractivity (Wildman–Crippen MR) is 142 cm³/mol. The Balaban J connectivity index is 2.04. The van der Waals surface area contributed by atoms with Crippen LogP contribution in [0.2, 0.25) is 0 Å². The van der Waals surface area contributed by atoms with E-state index in [-0.39, 0.29) is 29.3 Å². The van der Waals surface area contributed by atoms with E-state index >= 15 is 0 Å². The molecule has 0 aliphatic carbocycles. The molecular weight excluding hydrogens is 511 g/mol. The Hall–Kier alpha value is -3.92. The van der Waals surface area contributed by atoms with Gasteiger partial charge < -0.3 is 14.4 Å². The molecule has 0 aliphatic heterocycles. The van der Waals surface area contributed by atoms with E-state index in [1.165, 1.54) is 66.7 Å². The Kier molecular flexibility index (Phi) is 8.78. The van der Waals surface area contributed by atoms with Gasteiger partial charge in [-0.25, -0.2) is 26.4 Å². The van der Waals surface area contributed by atoms with Gasteiger partial charge in [0, 0.05) is 24.9 Å². The van der Waals surface area contributed by atoms with Crippen LogP contribution in [0.3, 0.4) is 0 Å². The molecule has 0 fully saturated rings. The molecule has 1 aromatic heterocycles. The van der Waals surface area contributed by atoms with E-state index in [0.29, 0.717) is 11.1 Å². The van der Waals surface area contributed by atoms with Gasteiger partial charge in [0.2, 0.25) is 0 Å². The van der Waals surface area contributed by atoms with E-state index < -0.39 is 33.5 Å². The van der Waals surface area contributed by atoms with Gasteiger partial charge in [-0.15, -0.1) is 0 Å². The zero-order valence-corrected chi connectivity index (χ0v) is 22.8. The second-order valence-electron chi connectivity index (χ2n) is 9.51. The monoisotopic (exact) mass is 542 g/mol. The summed E-state index contributed by atoms with van der Waals surface area (Å²) in [6.07, 6.45) is 3.44. The average molecular weight is 543 g/mol. The third kappa shape index (κ3) is 7.10. The average Bonchev–Trinajstić information content (AvgIpc) is 3.26. The van der Waals surface area contributed by atoms with E-state index in [1.807, 2.05) is 0 Å². The number of rotatable bonds is 8. The second kappa shape index (κ2) is 11.6. The number of ether oxygens (including phenoxy) is 2. The molecule has 2 aromatic carbocycles. The van der Waals surface area contributed by atoms with E-state index in [2.05, 4.69) is 0 Å². The van der Waals surface area contributed by atoms with Crippen LogP contribution in [0.5, 0.6) is 0 Å². The highest BCUT2D eigenvalue weighted by Crippen LogP contribution is 2.30. The van der Waals surface area contributed by atoms with Crippen molar-refractivity contribution >= 4 is 28.2 Å². The molecule has 0 spiro atoms. The van der Waals surface area contributed by atoms with Crippen molar-refractivity contribution < 1.29 is 31.9 Å². The molecule has 0 saturated heterocycles. The highest BCUT2D eigenvalue weighted by Gasteiger charge is 2.25. The van der Waals surface area contributed by atoms with Crippen LogP contribution in [0.1, 0.15) is 38.8 Å². The van der Waals surface area contributed by atoms with Crippen molar-refractivity contribution in [3.8, 4) is 11.3 Å². The molecular formula is C28H31FN2O6S. The second-order valence-corrected chi connectivity index (χ2v) is 11.3. The molecule has 0 saturated carbocycles. The quantitative estimate of drug-likeness (QED) is 0.277. The highest BCUT2D eigenvalue weighted by atomic mass is 32.2. The SMILES string of the molecule is CCOC(=O)/C=C/c1cccc(S(=O)(=O)n2cc(CN(C)C(=O)OC(C)(C)C)cc2-c2ccccc2F)c1. The predicted octanol–water partition coefficient (Wildman–Crippen LogP) is 5.47. The van der Waals surface area contributed by atoms with Gasteiger partial charge in [0.15, 0.2) is 0 Å². The van der Waals surface area contributed by atoms with Crippen molar-refractivity contribution in [3.63, 3.8) is 0 Å². The summed E-state index contributed by atoms with van der Waals surface area (Å²) in [5.74, 6) is -1.15. The van der Waals surface area contributed by atoms with E-state index in [9.17, 15) is 22.4 Å². The molecule has 0 radical (unpaired) electrons. The van der Waals surface area contributed by atoms with E-state index in [1.54, 1.807) is 45.9 Å². The summed E-state index contributed by atoms with van der Waals surface area (Å²) in [5, 5.41) is 0. The van der Waals surface area contributed by atoms with Crippen molar-refractivity contribution in [2.45, 2.75) is 44.7 Å². The van der Waals surface area contributed by atoms with Crippen LogP contribution in [0, 0.1) is 5.82 Å². The fourth-order valence-electron chi connectivity index (χ4n) is 3.57. The van der Waals surface area contributed by atoms with Crippen molar-refractivity contribution in [2.24, 2.45) is 0 Å². The number of benzene rings is 2. The van der Waals surface area contributed by atoms with Crippen LogP contribution >= 0.6 is 0 Å². The summed E-state index contributed by atoms with van der Waals surface area (Å²) in [4.78, 5) is 25.4. The van der Waals surface area contributed by atoms with Crippen molar-refractivity contribution in [3.05, 3.63) is 83.8 Å². The molecule has 1 amide bonds. The summed E-state index contributed by atoms with van der Waals surface area (Å²) >= 11 is 0. The number of carbonyl (C=O) groups is 2. The third-order valence-electron chi connectivity index (χ3n) is 5.23. The summed E-state index contributed by atoms with van der Waals surface area (Å²) in [6, 6.07) is 13.4. The van der Waals surface area contributed by atoms with Gasteiger partial charge in [-0.1, -0.05) is 24.3 Å². The molecule has 3 aromatic rings. The van der Waals surface area contributed by atoms with Gasteiger partial charge >= 0.3 is 12.1 Å². The molecule has 1 heterocycles. The largest absolute Gasteiger partial charge is 0.463 e. The lowest BCUT2D eigenvalue weighted by atomic mass is 10.1. The normalized spacial score (nSPS) is 11.9. The number of amides is 1. The first-order chi connectivity index (χ1) is 17.8. The molecule has 0 unspecified atom stereocenters. The van der Waals surface area contributed by atoms with Crippen LogP contribution in [-0.2, 0) is 30.8 Å².